The first-order valence-corrected chi connectivity index (χ1v) is 42.6. The second-order valence-corrected chi connectivity index (χ2v) is 48.2. The van der Waals surface area contributed by atoms with Gasteiger partial charge in [-0.1, -0.05) is 305 Å². The number of carbonyl (C=O) groups is 7. The molecule has 6 unspecified atom stereocenters. The summed E-state index contributed by atoms with van der Waals surface area (Å²) < 4.78 is 29.1. The summed E-state index contributed by atoms with van der Waals surface area (Å²) in [6.45, 7) is 95.7. The normalized spacial score (nSPS) is 23.8. The summed E-state index contributed by atoms with van der Waals surface area (Å²) in [6.07, 6.45) is 13.6. The van der Waals surface area contributed by atoms with Gasteiger partial charge in [0.05, 0.1) is 42.7 Å². The molecular weight excluding hydrogens is 1420 g/mol. The monoisotopic (exact) mass is 1580 g/mol. The third kappa shape index (κ3) is 52.6. The van der Waals surface area contributed by atoms with Crippen LogP contribution in [-0.4, -0.2) is 88.4 Å². The molecule has 8 N–H and O–H groups in total. The first-order chi connectivity index (χ1) is 47.6. The fourth-order valence-corrected chi connectivity index (χ4v) is 15.5. The molecule has 6 saturated heterocycles. The Labute approximate surface area is 670 Å². The number of sulfonamides is 1. The van der Waals surface area contributed by atoms with E-state index in [1.54, 1.807) is 30.4 Å². The fourth-order valence-electron chi connectivity index (χ4n) is 11.5. The van der Waals surface area contributed by atoms with Crippen LogP contribution < -0.4 is 36.6 Å². The molecule has 0 spiro atoms. The van der Waals surface area contributed by atoms with E-state index in [0.717, 1.165) is 79.2 Å². The maximum atomic E-state index is 11.6. The molecule has 1 aliphatic carbocycles. The summed E-state index contributed by atoms with van der Waals surface area (Å²) in [5, 5.41) is 27.8. The van der Waals surface area contributed by atoms with Crippen molar-refractivity contribution >= 4 is 74.9 Å². The molecule has 0 radical (unpaired) electrons. The highest BCUT2D eigenvalue weighted by Crippen LogP contribution is 2.45. The largest absolute Gasteiger partial charge is 0.463 e. The van der Waals surface area contributed by atoms with Gasteiger partial charge in [0, 0.05) is 43.1 Å². The van der Waals surface area contributed by atoms with Crippen LogP contribution in [-0.2, 0) is 48.3 Å². The number of ether oxygens (including phenoxy) is 1. The Balaban J connectivity index is -0.00000115. The van der Waals surface area contributed by atoms with E-state index >= 15 is 0 Å². The van der Waals surface area contributed by atoms with E-state index in [2.05, 4.69) is 252 Å². The maximum Gasteiger partial charge on any atom is 0.270 e. The van der Waals surface area contributed by atoms with E-state index in [-0.39, 0.29) is 112 Å². The predicted molar refractivity (Wildman–Crippen MR) is 459 cm³/mol. The first-order valence-electron chi connectivity index (χ1n) is 39.2. The van der Waals surface area contributed by atoms with Gasteiger partial charge in [-0.15, -0.1) is 0 Å². The zero-order chi connectivity index (χ0) is 86.3. The Morgan fingerprint density at radius 2 is 0.926 bits per heavy atom. The second kappa shape index (κ2) is 42.5. The number of allylic oxidation sites excluding steroid dienone is 2. The SMILES string of the molecule is C=C1CC(C)(CC(C)(C)C)C(=O)N1.C=C1CC(CC(C)(C)C)C(=O)N1.C=C1NC(=O)C(C)(CC(C)(C)C)O1.C=C1NC(=O)C(C)(CC(C)(C)C)S1.C=C1NC(=O)C(CC(C)(C)C)S1.CC(C)(C)CC(=O)NCC1(O)CCC1.CC(C)(C)CC1CS(=O)(=O)NC1=O.CCC(C)(C)C.CCC(C)(C)C.CCC(C)(C)C. The third-order valence-corrected chi connectivity index (χ3v) is 21.1. The van der Waals surface area contributed by atoms with Crippen LogP contribution in [0.2, 0.25) is 0 Å². The standard InChI is InChI=1S/C11H21NO2.C11H19NO.C10H17NO2.C10H17NOS.C10H17NO.C9H15NOS.C8H15NO3S.3C6H14/c1-10(2,3)7-9(13)12-8-11(14)5-4-6-11;1-8-6-11(5,9(13)12-8)7-10(2,3)4;2*1-7-11-8(12)10(5,13-7)6-9(2,3)4;1-7-5-8(9(12)11-7)6-10(2,3)4;1-6-10-8(11)7(12-6)5-9(2,3)4;1-8(2,3)4-6-5-13(11,12)9-7(6)10;3*1-5-6(2,3)4/h14H,4-8H2,1-3H3,(H,12,13);1,6-7H2,2-5H3,(H,12,13);2*1,6H2,2-5H3,(H,11,12);8H,1,5-6H2,2-4H3,(H,11,12);7H,1,5H2,2-4H3,(H,10,11);6H,4-5H2,1-3H3,(H,9,10);3*5H2,1-4H3. The van der Waals surface area contributed by atoms with Crippen molar-refractivity contribution in [3.8, 4) is 0 Å². The molecular formula is C87H163N7O11S3. The van der Waals surface area contributed by atoms with Crippen molar-refractivity contribution in [1.29, 1.82) is 0 Å². The van der Waals surface area contributed by atoms with Gasteiger partial charge in [0.15, 0.2) is 11.5 Å². The lowest BCUT2D eigenvalue weighted by molar-refractivity contribution is -0.132. The molecule has 6 heterocycles. The van der Waals surface area contributed by atoms with Crippen molar-refractivity contribution in [3.63, 3.8) is 0 Å². The number of nitrogens with one attached hydrogen (secondary N) is 7. The van der Waals surface area contributed by atoms with Crippen molar-refractivity contribution in [3.05, 3.63) is 60.2 Å². The molecule has 630 valence electrons. The van der Waals surface area contributed by atoms with Gasteiger partial charge in [-0.05, 0) is 132 Å². The fraction of sp³-hybridized carbons (Fsp3) is 0.805. The summed E-state index contributed by atoms with van der Waals surface area (Å²) in [5.41, 5.74) is 2.64. The minimum absolute atomic E-state index is 0.0120. The molecule has 21 heteroatoms. The highest BCUT2D eigenvalue weighted by molar-refractivity contribution is 8.05. The number of amides is 7. The van der Waals surface area contributed by atoms with Crippen LogP contribution in [0.4, 0.5) is 0 Å². The highest BCUT2D eigenvalue weighted by atomic mass is 32.2. The average molecular weight is 1580 g/mol. The summed E-state index contributed by atoms with van der Waals surface area (Å²) in [7, 11) is -3.32. The Hall–Kier alpha value is -4.60. The Morgan fingerprint density at radius 3 is 1.19 bits per heavy atom. The molecule has 7 rings (SSSR count). The molecule has 1 saturated carbocycles. The maximum absolute atomic E-state index is 11.6. The van der Waals surface area contributed by atoms with Crippen LogP contribution in [0.3, 0.4) is 0 Å². The lowest BCUT2D eigenvalue weighted by Crippen LogP contribution is -2.48. The van der Waals surface area contributed by atoms with Crippen LogP contribution in [0.5, 0.6) is 0 Å². The summed E-state index contributed by atoms with van der Waals surface area (Å²) in [4.78, 5) is 79.9. The van der Waals surface area contributed by atoms with E-state index < -0.39 is 21.2 Å². The van der Waals surface area contributed by atoms with E-state index in [0.29, 0.717) is 47.9 Å². The molecule has 7 amide bonds. The smallest absolute Gasteiger partial charge is 0.270 e. The Morgan fingerprint density at radius 1 is 0.500 bits per heavy atom. The first kappa shape index (κ1) is 108. The van der Waals surface area contributed by atoms with Gasteiger partial charge in [-0.25, -0.2) is 8.42 Å². The van der Waals surface area contributed by atoms with Gasteiger partial charge in [0.2, 0.25) is 45.5 Å². The summed E-state index contributed by atoms with van der Waals surface area (Å²) in [5.74, 6) is 0.169. The minimum atomic E-state index is -3.32. The number of thioether (sulfide) groups is 2. The lowest BCUT2D eigenvalue weighted by atomic mass is 9.74. The molecule has 0 aromatic rings. The Kier molecular flexibility index (Phi) is 42.3. The number of rotatable bonds is 9. The van der Waals surface area contributed by atoms with Gasteiger partial charge in [-0.2, -0.15) is 0 Å². The van der Waals surface area contributed by atoms with Crippen molar-refractivity contribution in [2.45, 2.75) is 367 Å². The molecule has 108 heavy (non-hydrogen) atoms. The van der Waals surface area contributed by atoms with Crippen molar-refractivity contribution in [2.24, 2.45) is 71.4 Å². The summed E-state index contributed by atoms with van der Waals surface area (Å²) in [6, 6.07) is 0. The van der Waals surface area contributed by atoms with E-state index in [9.17, 15) is 47.1 Å². The summed E-state index contributed by atoms with van der Waals surface area (Å²) >= 11 is 3.09. The molecule has 6 atom stereocenters. The minimum Gasteiger partial charge on any atom is -0.463 e. The van der Waals surface area contributed by atoms with Crippen LogP contribution in [0.1, 0.15) is 346 Å². The molecule has 0 aromatic heterocycles. The molecule has 7 aliphatic rings. The number of hydrogen-bond donors (Lipinski definition) is 8. The number of carbonyl (C=O) groups excluding carboxylic acids is 7. The average Bonchev–Trinajstić information content (AvgIpc) is 1.66. The van der Waals surface area contributed by atoms with Crippen LogP contribution in [0.25, 0.3) is 0 Å². The van der Waals surface area contributed by atoms with Crippen LogP contribution >= 0.6 is 23.5 Å². The van der Waals surface area contributed by atoms with Gasteiger partial charge in [0.25, 0.3) is 5.91 Å². The quantitative estimate of drug-likeness (QED) is 0.107. The van der Waals surface area contributed by atoms with Gasteiger partial charge < -0.3 is 36.4 Å². The van der Waals surface area contributed by atoms with Crippen molar-refractivity contribution in [1.82, 2.24) is 36.6 Å². The second-order valence-electron chi connectivity index (χ2n) is 43.5. The van der Waals surface area contributed by atoms with E-state index in [1.807, 2.05) is 60.1 Å². The van der Waals surface area contributed by atoms with Crippen molar-refractivity contribution in [2.75, 3.05) is 12.3 Å². The molecule has 6 aliphatic heterocycles. The molecule has 0 bridgehead atoms. The van der Waals surface area contributed by atoms with Crippen LogP contribution in [0, 0.1) is 71.4 Å². The molecule has 0 aromatic carbocycles. The zero-order valence-electron chi connectivity index (χ0n) is 75.5. The van der Waals surface area contributed by atoms with Gasteiger partial charge in [-0.3, -0.25) is 43.6 Å². The van der Waals surface area contributed by atoms with Gasteiger partial charge in [0.1, 0.15) is 0 Å². The lowest BCUT2D eigenvalue weighted by Gasteiger charge is -2.36. The Bertz CT molecular complexity index is 2910. The number of hydrogen-bond acceptors (Lipinski definition) is 13. The highest BCUT2D eigenvalue weighted by Gasteiger charge is 2.46. The predicted octanol–water partition coefficient (Wildman–Crippen LogP) is 20.3. The van der Waals surface area contributed by atoms with E-state index in [1.165, 1.54) is 19.3 Å². The number of aliphatic hydroxyl groups is 1. The third-order valence-electron chi connectivity index (χ3n) is 17.6. The zero-order valence-corrected chi connectivity index (χ0v) is 78.0. The van der Waals surface area contributed by atoms with Gasteiger partial charge >= 0.3 is 0 Å². The molecule has 7 fully saturated rings. The topological polar surface area (TPSA) is 267 Å². The van der Waals surface area contributed by atoms with Crippen LogP contribution in [0.15, 0.2) is 60.2 Å². The van der Waals surface area contributed by atoms with Crippen molar-refractivity contribution < 1.29 is 51.8 Å². The molecule has 18 nitrogen and oxygen atoms in total. The van der Waals surface area contributed by atoms with E-state index in [4.69, 9.17) is 4.74 Å².